The van der Waals surface area contributed by atoms with Crippen LogP contribution in [-0.4, -0.2) is 0 Å². The third-order valence-electron chi connectivity index (χ3n) is 2.60. The summed E-state index contributed by atoms with van der Waals surface area (Å²) in [6.45, 7) is 6.61. The van der Waals surface area contributed by atoms with Crippen molar-refractivity contribution in [2.24, 2.45) is 0 Å². The molecular formula is C14H19I. The fourth-order valence-corrected chi connectivity index (χ4v) is 2.89. The van der Waals surface area contributed by atoms with Crippen molar-refractivity contribution in [2.45, 2.75) is 40.0 Å². The Bertz CT molecular complexity index is 330. The molecule has 0 radical (unpaired) electrons. The molecule has 0 aliphatic carbocycles. The highest BCUT2D eigenvalue weighted by Crippen LogP contribution is 2.28. The van der Waals surface area contributed by atoms with E-state index in [-0.39, 0.29) is 0 Å². The lowest BCUT2D eigenvalue weighted by Gasteiger charge is -2.08. The van der Waals surface area contributed by atoms with Gasteiger partial charge in [-0.1, -0.05) is 44.0 Å². The number of aryl methyl sites for hydroxylation is 2. The van der Waals surface area contributed by atoms with Crippen LogP contribution in [0.3, 0.4) is 0 Å². The van der Waals surface area contributed by atoms with Crippen molar-refractivity contribution in [2.75, 3.05) is 0 Å². The zero-order valence-corrected chi connectivity index (χ0v) is 12.0. The first-order chi connectivity index (χ1) is 7.16. The number of unbranched alkanes of at least 4 members (excludes halogenated alkanes) is 2. The second-order valence-electron chi connectivity index (χ2n) is 3.96. The summed E-state index contributed by atoms with van der Waals surface area (Å²) in [5, 5.41) is 0. The van der Waals surface area contributed by atoms with Gasteiger partial charge in [-0.3, -0.25) is 0 Å². The second-order valence-corrected chi connectivity index (χ2v) is 5.12. The molecule has 0 unspecified atom stereocenters. The summed E-state index contributed by atoms with van der Waals surface area (Å²) >= 11 is 2.46. The Balaban J connectivity index is 2.90. The number of hydrogen-bond donors (Lipinski definition) is 0. The summed E-state index contributed by atoms with van der Waals surface area (Å²) in [5.41, 5.74) is 4.19. The van der Waals surface area contributed by atoms with E-state index in [0.717, 1.165) is 0 Å². The average molecular weight is 314 g/mol. The van der Waals surface area contributed by atoms with Gasteiger partial charge >= 0.3 is 0 Å². The van der Waals surface area contributed by atoms with Crippen LogP contribution in [0.5, 0.6) is 0 Å². The molecule has 0 saturated carbocycles. The Kier molecular flexibility index (Phi) is 5.37. The normalized spacial score (nSPS) is 11.9. The lowest BCUT2D eigenvalue weighted by molar-refractivity contribution is 0.816. The molecule has 0 bridgehead atoms. The third-order valence-corrected chi connectivity index (χ3v) is 3.58. The van der Waals surface area contributed by atoms with E-state index in [9.17, 15) is 0 Å². The van der Waals surface area contributed by atoms with Crippen LogP contribution in [0.4, 0.5) is 0 Å². The van der Waals surface area contributed by atoms with Crippen LogP contribution >= 0.6 is 22.6 Å². The van der Waals surface area contributed by atoms with Gasteiger partial charge in [0, 0.05) is 3.58 Å². The molecule has 0 amide bonds. The average Bonchev–Trinajstić information content (AvgIpc) is 2.18. The summed E-state index contributed by atoms with van der Waals surface area (Å²) in [7, 11) is 0. The van der Waals surface area contributed by atoms with Gasteiger partial charge in [0.05, 0.1) is 0 Å². The van der Waals surface area contributed by atoms with E-state index in [4.69, 9.17) is 0 Å². The van der Waals surface area contributed by atoms with Gasteiger partial charge in [0.15, 0.2) is 0 Å². The minimum atomic E-state index is 1.20. The molecule has 0 saturated heterocycles. The van der Waals surface area contributed by atoms with E-state index < -0.39 is 0 Å². The van der Waals surface area contributed by atoms with Crippen molar-refractivity contribution >= 4 is 26.2 Å². The van der Waals surface area contributed by atoms with Crippen LogP contribution < -0.4 is 0 Å². The summed E-state index contributed by atoms with van der Waals surface area (Å²) < 4.78 is 1.40. The summed E-state index contributed by atoms with van der Waals surface area (Å²) in [4.78, 5) is 0. The van der Waals surface area contributed by atoms with Crippen molar-refractivity contribution in [3.8, 4) is 0 Å². The SMILES string of the molecule is CCCC/C=C(/I)c1c(C)cccc1C. The Morgan fingerprint density at radius 1 is 1.27 bits per heavy atom. The summed E-state index contributed by atoms with van der Waals surface area (Å²) in [5.74, 6) is 0. The van der Waals surface area contributed by atoms with Crippen LogP contribution in [-0.2, 0) is 0 Å². The zero-order chi connectivity index (χ0) is 11.3. The predicted octanol–water partition coefficient (Wildman–Crippen LogP) is 5.27. The first-order valence-electron chi connectivity index (χ1n) is 5.59. The monoisotopic (exact) mass is 314 g/mol. The minimum Gasteiger partial charge on any atom is -0.0705 e. The fraction of sp³-hybridized carbons (Fsp3) is 0.429. The minimum absolute atomic E-state index is 1.20. The number of hydrogen-bond acceptors (Lipinski definition) is 0. The molecule has 0 N–H and O–H groups in total. The standard InChI is InChI=1S/C14H19I/c1-4-5-6-10-13(15)14-11(2)8-7-9-12(14)3/h7-10H,4-6H2,1-3H3/b13-10+. The molecule has 15 heavy (non-hydrogen) atoms. The van der Waals surface area contributed by atoms with Gasteiger partial charge in [-0.05, 0) is 59.5 Å². The largest absolute Gasteiger partial charge is 0.0705 e. The maximum atomic E-state index is 2.46. The fourth-order valence-electron chi connectivity index (χ4n) is 1.73. The molecule has 0 fully saturated rings. The smallest absolute Gasteiger partial charge is 0.0168 e. The summed E-state index contributed by atoms with van der Waals surface area (Å²) in [6.07, 6.45) is 6.12. The van der Waals surface area contributed by atoms with Crippen molar-refractivity contribution in [3.05, 3.63) is 41.0 Å². The highest BCUT2D eigenvalue weighted by Gasteiger charge is 2.04. The molecule has 1 aromatic carbocycles. The van der Waals surface area contributed by atoms with Gasteiger partial charge in [0.2, 0.25) is 0 Å². The molecular weight excluding hydrogens is 295 g/mol. The van der Waals surface area contributed by atoms with E-state index in [0.29, 0.717) is 0 Å². The Morgan fingerprint density at radius 3 is 2.40 bits per heavy atom. The van der Waals surface area contributed by atoms with Gasteiger partial charge in [-0.25, -0.2) is 0 Å². The lowest BCUT2D eigenvalue weighted by Crippen LogP contribution is -1.88. The van der Waals surface area contributed by atoms with Gasteiger partial charge in [-0.15, -0.1) is 0 Å². The van der Waals surface area contributed by atoms with Gasteiger partial charge in [-0.2, -0.15) is 0 Å². The van der Waals surface area contributed by atoms with E-state index >= 15 is 0 Å². The van der Waals surface area contributed by atoms with Crippen LogP contribution in [0.1, 0.15) is 42.9 Å². The molecule has 0 atom stereocenters. The molecule has 0 aliphatic rings. The topological polar surface area (TPSA) is 0 Å². The Labute approximate surface area is 107 Å². The first kappa shape index (κ1) is 12.8. The molecule has 82 valence electrons. The molecule has 1 rings (SSSR count). The molecule has 0 spiro atoms. The van der Waals surface area contributed by atoms with Crippen LogP contribution in [0.2, 0.25) is 0 Å². The second kappa shape index (κ2) is 6.31. The quantitative estimate of drug-likeness (QED) is 0.524. The molecule has 0 heterocycles. The van der Waals surface area contributed by atoms with Gasteiger partial charge < -0.3 is 0 Å². The van der Waals surface area contributed by atoms with Crippen molar-refractivity contribution in [3.63, 3.8) is 0 Å². The van der Waals surface area contributed by atoms with Crippen LogP contribution in [0.15, 0.2) is 24.3 Å². The van der Waals surface area contributed by atoms with Gasteiger partial charge in [0.1, 0.15) is 0 Å². The van der Waals surface area contributed by atoms with E-state index in [2.05, 4.69) is 67.6 Å². The lowest BCUT2D eigenvalue weighted by atomic mass is 10.0. The van der Waals surface area contributed by atoms with E-state index in [1.54, 1.807) is 0 Å². The maximum Gasteiger partial charge on any atom is 0.0168 e. The van der Waals surface area contributed by atoms with Gasteiger partial charge in [0.25, 0.3) is 0 Å². The zero-order valence-electron chi connectivity index (χ0n) is 9.81. The highest BCUT2D eigenvalue weighted by atomic mass is 127. The van der Waals surface area contributed by atoms with E-state index in [1.807, 2.05) is 0 Å². The third kappa shape index (κ3) is 3.63. The molecule has 1 heteroatoms. The maximum absolute atomic E-state index is 2.46. The molecule has 0 aromatic heterocycles. The molecule has 0 nitrogen and oxygen atoms in total. The molecule has 0 aliphatic heterocycles. The number of benzene rings is 1. The van der Waals surface area contributed by atoms with Crippen molar-refractivity contribution in [1.29, 1.82) is 0 Å². The van der Waals surface area contributed by atoms with Crippen LogP contribution in [0.25, 0.3) is 3.58 Å². The number of halogens is 1. The summed E-state index contributed by atoms with van der Waals surface area (Å²) in [6, 6.07) is 6.51. The van der Waals surface area contributed by atoms with Crippen LogP contribution in [0, 0.1) is 13.8 Å². The predicted molar refractivity (Wildman–Crippen MR) is 77.4 cm³/mol. The first-order valence-corrected chi connectivity index (χ1v) is 6.67. The highest BCUT2D eigenvalue weighted by molar-refractivity contribution is 14.1. The van der Waals surface area contributed by atoms with Crippen molar-refractivity contribution < 1.29 is 0 Å². The molecule has 1 aromatic rings. The van der Waals surface area contributed by atoms with E-state index in [1.165, 1.54) is 39.5 Å². The number of rotatable bonds is 4. The van der Waals surface area contributed by atoms with Crippen molar-refractivity contribution in [1.82, 2.24) is 0 Å². The number of allylic oxidation sites excluding steroid dienone is 1. The Hall–Kier alpha value is -0.310. The Morgan fingerprint density at radius 2 is 1.87 bits per heavy atom.